The van der Waals surface area contributed by atoms with Crippen LogP contribution in [0, 0.1) is 17.0 Å². The molecule has 0 saturated carbocycles. The van der Waals surface area contributed by atoms with Crippen LogP contribution in [-0.2, 0) is 0 Å². The molecule has 136 valence electrons. The van der Waals surface area contributed by atoms with E-state index in [4.69, 9.17) is 23.2 Å². The number of carbonyl (C=O) groups is 1. The van der Waals surface area contributed by atoms with Crippen LogP contribution in [0.2, 0.25) is 10.0 Å². The highest BCUT2D eigenvalue weighted by atomic mass is 35.5. The van der Waals surface area contributed by atoms with Crippen LogP contribution in [0.4, 0.5) is 11.4 Å². The van der Waals surface area contributed by atoms with E-state index >= 15 is 0 Å². The van der Waals surface area contributed by atoms with Crippen molar-refractivity contribution in [1.82, 2.24) is 4.90 Å². The van der Waals surface area contributed by atoms with Crippen LogP contribution in [0.1, 0.15) is 15.9 Å². The van der Waals surface area contributed by atoms with Gasteiger partial charge in [-0.1, -0.05) is 29.3 Å². The van der Waals surface area contributed by atoms with E-state index in [1.165, 1.54) is 18.2 Å². The van der Waals surface area contributed by atoms with Crippen molar-refractivity contribution >= 4 is 40.5 Å². The Bertz CT molecular complexity index is 865. The fourth-order valence-corrected chi connectivity index (χ4v) is 3.39. The fourth-order valence-electron chi connectivity index (χ4n) is 3.04. The molecule has 8 heteroatoms. The first-order chi connectivity index (χ1) is 12.4. The van der Waals surface area contributed by atoms with Crippen molar-refractivity contribution in [3.05, 3.63) is 67.7 Å². The summed E-state index contributed by atoms with van der Waals surface area (Å²) < 4.78 is 0. The minimum absolute atomic E-state index is 0.0211. The van der Waals surface area contributed by atoms with E-state index in [0.29, 0.717) is 31.2 Å². The summed E-state index contributed by atoms with van der Waals surface area (Å²) in [5.74, 6) is -0.229. The third-order valence-electron chi connectivity index (χ3n) is 4.47. The predicted molar refractivity (Wildman–Crippen MR) is 102 cm³/mol. The maximum absolute atomic E-state index is 12.7. The molecule has 0 bridgehead atoms. The first-order valence-electron chi connectivity index (χ1n) is 8.11. The Morgan fingerprint density at radius 1 is 1.08 bits per heavy atom. The van der Waals surface area contributed by atoms with E-state index in [1.807, 2.05) is 25.1 Å². The lowest BCUT2D eigenvalue weighted by Crippen LogP contribution is -2.49. The number of nitro groups is 1. The second kappa shape index (κ2) is 7.51. The Labute approximate surface area is 161 Å². The van der Waals surface area contributed by atoms with Crippen molar-refractivity contribution in [3.63, 3.8) is 0 Å². The number of amides is 1. The van der Waals surface area contributed by atoms with Crippen LogP contribution in [0.15, 0.2) is 36.4 Å². The summed E-state index contributed by atoms with van der Waals surface area (Å²) in [4.78, 5) is 27.0. The summed E-state index contributed by atoms with van der Waals surface area (Å²) in [6.07, 6.45) is 0. The summed E-state index contributed by atoms with van der Waals surface area (Å²) in [5.41, 5.74) is 2.20. The van der Waals surface area contributed by atoms with Crippen LogP contribution < -0.4 is 4.90 Å². The van der Waals surface area contributed by atoms with Gasteiger partial charge in [0.2, 0.25) is 0 Å². The highest BCUT2D eigenvalue weighted by Gasteiger charge is 2.25. The minimum atomic E-state index is -0.584. The Morgan fingerprint density at radius 2 is 1.77 bits per heavy atom. The highest BCUT2D eigenvalue weighted by Crippen LogP contribution is 2.27. The number of benzene rings is 2. The van der Waals surface area contributed by atoms with Gasteiger partial charge in [0, 0.05) is 48.5 Å². The van der Waals surface area contributed by atoms with Crippen LogP contribution >= 0.6 is 23.2 Å². The van der Waals surface area contributed by atoms with Gasteiger partial charge < -0.3 is 9.80 Å². The zero-order chi connectivity index (χ0) is 18.8. The zero-order valence-corrected chi connectivity index (χ0v) is 15.6. The number of piperazine rings is 1. The maximum atomic E-state index is 12.7. The van der Waals surface area contributed by atoms with E-state index in [1.54, 1.807) is 4.90 Å². The molecule has 2 aromatic carbocycles. The number of nitrogens with zero attached hydrogens (tertiary/aromatic N) is 3. The number of hydrogen-bond acceptors (Lipinski definition) is 4. The zero-order valence-electron chi connectivity index (χ0n) is 14.1. The maximum Gasteiger partial charge on any atom is 0.288 e. The molecule has 1 fully saturated rings. The first kappa shape index (κ1) is 18.5. The monoisotopic (exact) mass is 393 g/mol. The molecule has 0 atom stereocenters. The summed E-state index contributed by atoms with van der Waals surface area (Å²) in [7, 11) is 0. The van der Waals surface area contributed by atoms with Gasteiger partial charge in [-0.15, -0.1) is 0 Å². The van der Waals surface area contributed by atoms with Crippen LogP contribution in [-0.4, -0.2) is 41.9 Å². The molecule has 6 nitrogen and oxygen atoms in total. The third kappa shape index (κ3) is 3.76. The quantitative estimate of drug-likeness (QED) is 0.579. The van der Waals surface area contributed by atoms with Crippen molar-refractivity contribution in [2.75, 3.05) is 31.1 Å². The van der Waals surface area contributed by atoms with Crippen molar-refractivity contribution < 1.29 is 9.72 Å². The molecule has 3 rings (SSSR count). The molecule has 0 unspecified atom stereocenters. The molecule has 1 aliphatic rings. The molecule has 0 spiro atoms. The van der Waals surface area contributed by atoms with E-state index in [-0.39, 0.29) is 22.2 Å². The normalized spacial score (nSPS) is 14.4. The Kier molecular flexibility index (Phi) is 5.34. The molecule has 1 heterocycles. The number of nitro benzene ring substituents is 1. The summed E-state index contributed by atoms with van der Waals surface area (Å²) in [6.45, 7) is 4.42. The minimum Gasteiger partial charge on any atom is -0.368 e. The van der Waals surface area contributed by atoms with E-state index < -0.39 is 4.92 Å². The first-order valence-corrected chi connectivity index (χ1v) is 8.86. The standard InChI is InChI=1S/C18H17Cl2N3O3/c1-12-2-4-14(19)11-16(12)21-6-8-22(9-7-21)18(24)13-3-5-15(20)17(10-13)23(25)26/h2-5,10-11H,6-9H2,1H3. The molecule has 1 amide bonds. The smallest absolute Gasteiger partial charge is 0.288 e. The lowest BCUT2D eigenvalue weighted by atomic mass is 10.1. The van der Waals surface area contributed by atoms with Gasteiger partial charge in [-0.25, -0.2) is 0 Å². The number of carbonyl (C=O) groups excluding carboxylic acids is 1. The van der Waals surface area contributed by atoms with Gasteiger partial charge in [0.1, 0.15) is 5.02 Å². The van der Waals surface area contributed by atoms with Gasteiger partial charge in [-0.3, -0.25) is 14.9 Å². The van der Waals surface area contributed by atoms with Gasteiger partial charge in [0.15, 0.2) is 0 Å². The van der Waals surface area contributed by atoms with Gasteiger partial charge in [0.05, 0.1) is 4.92 Å². The Morgan fingerprint density at radius 3 is 2.42 bits per heavy atom. The highest BCUT2D eigenvalue weighted by molar-refractivity contribution is 6.32. The lowest BCUT2D eigenvalue weighted by Gasteiger charge is -2.37. The number of halogens is 2. The van der Waals surface area contributed by atoms with Crippen molar-refractivity contribution in [1.29, 1.82) is 0 Å². The van der Waals surface area contributed by atoms with Crippen molar-refractivity contribution in [3.8, 4) is 0 Å². The average Bonchev–Trinajstić information content (AvgIpc) is 2.63. The number of rotatable bonds is 3. The summed E-state index contributed by atoms with van der Waals surface area (Å²) >= 11 is 11.9. The Hall–Kier alpha value is -2.31. The van der Waals surface area contributed by atoms with Gasteiger partial charge in [-0.2, -0.15) is 0 Å². The fraction of sp³-hybridized carbons (Fsp3) is 0.278. The van der Waals surface area contributed by atoms with E-state index in [2.05, 4.69) is 4.90 Å². The average molecular weight is 394 g/mol. The molecule has 0 aliphatic carbocycles. The van der Waals surface area contributed by atoms with Crippen molar-refractivity contribution in [2.45, 2.75) is 6.92 Å². The molecule has 2 aromatic rings. The predicted octanol–water partition coefficient (Wildman–Crippen LogP) is 4.17. The third-order valence-corrected chi connectivity index (χ3v) is 5.02. The van der Waals surface area contributed by atoms with Gasteiger partial charge in [-0.05, 0) is 36.8 Å². The van der Waals surface area contributed by atoms with E-state index in [9.17, 15) is 14.9 Å². The largest absolute Gasteiger partial charge is 0.368 e. The molecular formula is C18H17Cl2N3O3. The molecule has 0 radical (unpaired) electrons. The molecular weight excluding hydrogens is 377 g/mol. The summed E-state index contributed by atoms with van der Waals surface area (Å²) in [6, 6.07) is 9.90. The number of aryl methyl sites for hydroxylation is 1. The van der Waals surface area contributed by atoms with Crippen LogP contribution in [0.3, 0.4) is 0 Å². The second-order valence-corrected chi connectivity index (χ2v) is 6.98. The van der Waals surface area contributed by atoms with Crippen molar-refractivity contribution in [2.24, 2.45) is 0 Å². The molecule has 1 aliphatic heterocycles. The molecule has 0 aromatic heterocycles. The van der Waals surface area contributed by atoms with Crippen LogP contribution in [0.5, 0.6) is 0 Å². The molecule has 1 saturated heterocycles. The number of anilines is 1. The SMILES string of the molecule is Cc1ccc(Cl)cc1N1CCN(C(=O)c2ccc(Cl)c([N+](=O)[O-])c2)CC1. The Balaban J connectivity index is 1.72. The second-order valence-electron chi connectivity index (χ2n) is 6.13. The lowest BCUT2D eigenvalue weighted by molar-refractivity contribution is -0.384. The van der Waals surface area contributed by atoms with Gasteiger partial charge in [0.25, 0.3) is 11.6 Å². The number of hydrogen-bond donors (Lipinski definition) is 0. The van der Waals surface area contributed by atoms with Gasteiger partial charge >= 0.3 is 0 Å². The molecule has 0 N–H and O–H groups in total. The molecule has 26 heavy (non-hydrogen) atoms. The van der Waals surface area contributed by atoms with E-state index in [0.717, 1.165) is 11.3 Å². The topological polar surface area (TPSA) is 66.7 Å². The summed E-state index contributed by atoms with van der Waals surface area (Å²) in [5, 5.41) is 11.7. The van der Waals surface area contributed by atoms with Crippen LogP contribution in [0.25, 0.3) is 0 Å².